The van der Waals surface area contributed by atoms with E-state index in [2.05, 4.69) is 15.0 Å². The van der Waals surface area contributed by atoms with Gasteiger partial charge in [-0.2, -0.15) is 8.78 Å². The average molecular weight is 501 g/mol. The van der Waals surface area contributed by atoms with Crippen molar-refractivity contribution in [2.24, 2.45) is 0 Å². The summed E-state index contributed by atoms with van der Waals surface area (Å²) in [5, 5.41) is 2.76. The maximum atomic E-state index is 14.4. The van der Waals surface area contributed by atoms with Crippen molar-refractivity contribution in [3.8, 4) is 16.3 Å². The number of anilines is 1. The Morgan fingerprint density at radius 2 is 1.69 bits per heavy atom. The van der Waals surface area contributed by atoms with Crippen molar-refractivity contribution in [1.29, 1.82) is 0 Å². The lowest BCUT2D eigenvalue weighted by atomic mass is 10.1. The lowest BCUT2D eigenvalue weighted by Gasteiger charge is -2.14. The van der Waals surface area contributed by atoms with Gasteiger partial charge in [0.1, 0.15) is 10.6 Å². The molecule has 11 heteroatoms. The van der Waals surface area contributed by atoms with Crippen molar-refractivity contribution in [3.05, 3.63) is 75.3 Å². The lowest BCUT2D eigenvalue weighted by Crippen LogP contribution is -2.19. The molecule has 32 heavy (non-hydrogen) atoms. The Balaban J connectivity index is 1.83. The van der Waals surface area contributed by atoms with Crippen molar-refractivity contribution < 1.29 is 27.1 Å². The molecule has 4 rings (SSSR count). The number of fused-ring (bicyclic) bond motifs is 1. The highest BCUT2D eigenvalue weighted by Gasteiger charge is 2.31. The van der Waals surface area contributed by atoms with Crippen molar-refractivity contribution in [2.45, 2.75) is 0 Å². The number of carbonyl (C=O) groups excluding carboxylic acids is 1. The summed E-state index contributed by atoms with van der Waals surface area (Å²) in [7, 11) is 0.831. The van der Waals surface area contributed by atoms with Crippen LogP contribution in [0.5, 0.6) is 5.75 Å². The summed E-state index contributed by atoms with van der Waals surface area (Å²) in [6.07, 6.45) is 0. The van der Waals surface area contributed by atoms with Crippen LogP contribution in [0.25, 0.3) is 20.8 Å². The number of methoxy groups -OCH3 is 1. The first-order valence-corrected chi connectivity index (χ1v) is 10.4. The second-order valence-corrected chi connectivity index (χ2v) is 8.29. The number of thiazole rings is 1. The predicted octanol–water partition coefficient (Wildman–Crippen LogP) is 7.09. The maximum Gasteiger partial charge on any atom is 0.261 e. The van der Waals surface area contributed by atoms with Crippen LogP contribution in [0.1, 0.15) is 10.4 Å². The van der Waals surface area contributed by atoms with Crippen molar-refractivity contribution in [1.82, 2.24) is 4.98 Å². The minimum atomic E-state index is -1.91. The van der Waals surface area contributed by atoms with Crippen LogP contribution in [0.15, 0.2) is 36.4 Å². The van der Waals surface area contributed by atoms with Crippen LogP contribution < -0.4 is 10.1 Å². The van der Waals surface area contributed by atoms with Crippen LogP contribution in [0.3, 0.4) is 0 Å². The van der Waals surface area contributed by atoms with Crippen LogP contribution in [0.4, 0.5) is 23.2 Å². The summed E-state index contributed by atoms with van der Waals surface area (Å²) in [5.41, 5.74) is -0.637. The van der Waals surface area contributed by atoms with E-state index in [1.54, 1.807) is 12.1 Å². The molecular weight excluding hydrogens is 491 g/mol. The third-order valence-corrected chi connectivity index (χ3v) is 6.06. The molecule has 1 heterocycles. The molecule has 0 aliphatic rings. The molecule has 0 bridgehead atoms. The lowest BCUT2D eigenvalue weighted by molar-refractivity contribution is 0.101. The Hall–Kier alpha value is -2.88. The fourth-order valence-corrected chi connectivity index (χ4v) is 4.55. The van der Waals surface area contributed by atoms with E-state index in [0.717, 1.165) is 11.8 Å². The predicted molar refractivity (Wildman–Crippen MR) is 116 cm³/mol. The van der Waals surface area contributed by atoms with E-state index in [9.17, 15) is 22.4 Å². The number of nitrogens with zero attached hydrogens (tertiary/aromatic N) is 1. The van der Waals surface area contributed by atoms with Gasteiger partial charge in [-0.1, -0.05) is 35.3 Å². The quantitative estimate of drug-likeness (QED) is 0.240. The fraction of sp³-hybridized carbons (Fsp3) is 0.0476. The summed E-state index contributed by atoms with van der Waals surface area (Å²) < 4.78 is 62.0. The number of amides is 1. The molecule has 164 valence electrons. The van der Waals surface area contributed by atoms with Gasteiger partial charge in [-0.15, -0.1) is 11.3 Å². The number of aromatic nitrogens is 1. The number of hydrogen-bond donors (Lipinski definition) is 1. The molecule has 1 aromatic heterocycles. The molecule has 0 spiro atoms. The number of benzene rings is 3. The van der Waals surface area contributed by atoms with Crippen molar-refractivity contribution >= 4 is 56.3 Å². The summed E-state index contributed by atoms with van der Waals surface area (Å²) in [4.78, 5) is 17.1. The molecule has 3 aromatic carbocycles. The molecular formula is C21H10Cl2F4N2O2S. The van der Waals surface area contributed by atoms with Gasteiger partial charge in [0, 0.05) is 10.6 Å². The van der Waals surface area contributed by atoms with E-state index in [1.165, 1.54) is 23.5 Å². The number of hydrogen-bond acceptors (Lipinski definition) is 4. The number of halogens is 6. The average Bonchev–Trinajstić information content (AvgIpc) is 3.19. The highest BCUT2D eigenvalue weighted by Crippen LogP contribution is 2.41. The van der Waals surface area contributed by atoms with Gasteiger partial charge in [0.05, 0.1) is 28.0 Å². The normalized spacial score (nSPS) is 11.1. The molecule has 1 N–H and O–H groups in total. The molecule has 0 unspecified atom stereocenters. The van der Waals surface area contributed by atoms with E-state index >= 15 is 0 Å². The molecule has 1 amide bonds. The smallest absolute Gasteiger partial charge is 0.261 e. The standard InChI is InChI=1S/C21H10Cl2F4N2O2S/c1-31-19-16(26)14(24)13(15(25)17(19)27)20(30)29-18-9(6-8(22)7-10(18)23)21-28-11-4-2-3-5-12(11)32-21/h2-7H,1H3,(H,29,30). The molecule has 0 atom stereocenters. The van der Waals surface area contributed by atoms with Gasteiger partial charge in [0.2, 0.25) is 11.6 Å². The summed E-state index contributed by atoms with van der Waals surface area (Å²) in [6, 6.07) is 9.94. The van der Waals surface area contributed by atoms with E-state index in [4.69, 9.17) is 23.2 Å². The van der Waals surface area contributed by atoms with Gasteiger partial charge >= 0.3 is 0 Å². The largest absolute Gasteiger partial charge is 0.491 e. The van der Waals surface area contributed by atoms with Gasteiger partial charge in [-0.3, -0.25) is 4.79 Å². The zero-order chi connectivity index (χ0) is 23.2. The minimum Gasteiger partial charge on any atom is -0.491 e. The third kappa shape index (κ3) is 3.76. The molecule has 0 aliphatic carbocycles. The highest BCUT2D eigenvalue weighted by molar-refractivity contribution is 7.21. The molecule has 4 aromatic rings. The van der Waals surface area contributed by atoms with Crippen LogP contribution in [0, 0.1) is 23.3 Å². The summed E-state index contributed by atoms with van der Waals surface area (Å²) in [5.74, 6) is -10.3. The maximum absolute atomic E-state index is 14.4. The van der Waals surface area contributed by atoms with Crippen LogP contribution in [-0.4, -0.2) is 18.0 Å². The highest BCUT2D eigenvalue weighted by atomic mass is 35.5. The SMILES string of the molecule is COc1c(F)c(F)c(C(=O)Nc2c(Cl)cc(Cl)cc2-c2nc3ccccc3s2)c(F)c1F. The van der Waals surface area contributed by atoms with E-state index in [1.807, 2.05) is 12.1 Å². The van der Waals surface area contributed by atoms with Gasteiger partial charge in [0.15, 0.2) is 17.4 Å². The van der Waals surface area contributed by atoms with Gasteiger partial charge < -0.3 is 10.1 Å². The first kappa shape index (κ1) is 22.3. The molecule has 0 aliphatic heterocycles. The molecule has 0 fully saturated rings. The fourth-order valence-electron chi connectivity index (χ4n) is 3.02. The van der Waals surface area contributed by atoms with Gasteiger partial charge in [-0.25, -0.2) is 13.8 Å². The number of para-hydroxylation sites is 1. The Morgan fingerprint density at radius 1 is 1.03 bits per heavy atom. The topological polar surface area (TPSA) is 51.2 Å². The second-order valence-electron chi connectivity index (χ2n) is 6.42. The first-order chi connectivity index (χ1) is 15.2. The minimum absolute atomic E-state index is 0.0737. The Labute approximate surface area is 192 Å². The van der Waals surface area contributed by atoms with E-state index in [0.29, 0.717) is 10.5 Å². The Morgan fingerprint density at radius 3 is 2.31 bits per heavy atom. The monoisotopic (exact) mass is 500 g/mol. The zero-order valence-corrected chi connectivity index (χ0v) is 18.2. The third-order valence-electron chi connectivity index (χ3n) is 4.47. The van der Waals surface area contributed by atoms with E-state index < -0.39 is 40.5 Å². The first-order valence-electron chi connectivity index (χ1n) is 8.79. The van der Waals surface area contributed by atoms with Crippen molar-refractivity contribution in [3.63, 3.8) is 0 Å². The molecule has 0 radical (unpaired) electrons. The number of rotatable bonds is 4. The number of carbonyl (C=O) groups is 1. The Bertz CT molecular complexity index is 1330. The second kappa shape index (κ2) is 8.57. The molecule has 0 saturated heterocycles. The van der Waals surface area contributed by atoms with E-state index in [-0.39, 0.29) is 21.3 Å². The summed E-state index contributed by atoms with van der Waals surface area (Å²) in [6.45, 7) is 0. The van der Waals surface area contributed by atoms with Crippen LogP contribution >= 0.6 is 34.5 Å². The van der Waals surface area contributed by atoms with Gasteiger partial charge in [-0.05, 0) is 24.3 Å². The van der Waals surface area contributed by atoms with Crippen LogP contribution in [0.2, 0.25) is 10.0 Å². The molecule has 0 saturated carbocycles. The van der Waals surface area contributed by atoms with Crippen molar-refractivity contribution in [2.75, 3.05) is 12.4 Å². The molecule has 4 nitrogen and oxygen atoms in total. The number of ether oxygens (including phenoxy) is 1. The van der Waals surface area contributed by atoms with Gasteiger partial charge in [0.25, 0.3) is 5.91 Å². The Kier molecular flexibility index (Phi) is 5.98. The summed E-state index contributed by atoms with van der Waals surface area (Å²) >= 11 is 13.6. The number of nitrogens with one attached hydrogen (secondary N) is 1. The van der Waals surface area contributed by atoms with Crippen LogP contribution in [-0.2, 0) is 0 Å². The zero-order valence-electron chi connectivity index (χ0n) is 15.9.